The third kappa shape index (κ3) is 2.21. The van der Waals surface area contributed by atoms with E-state index in [1.165, 1.54) is 4.90 Å². The first-order chi connectivity index (χ1) is 11.7. The maximum absolute atomic E-state index is 12.6. The van der Waals surface area contributed by atoms with Gasteiger partial charge in [0, 0.05) is 7.05 Å². The first-order valence-corrected chi connectivity index (χ1v) is 8.02. The van der Waals surface area contributed by atoms with Gasteiger partial charge < -0.3 is 0 Å². The largest absolute Gasteiger partial charge is 0.285 e. The van der Waals surface area contributed by atoms with Crippen LogP contribution in [0.2, 0.25) is 0 Å². The molecule has 2 atom stereocenters. The fourth-order valence-electron chi connectivity index (χ4n) is 3.53. The van der Waals surface area contributed by atoms with Crippen LogP contribution in [-0.2, 0) is 9.59 Å². The number of likely N-dealkylation sites (tertiary alicyclic amines) is 1. The lowest BCUT2D eigenvalue weighted by Crippen LogP contribution is -2.26. The van der Waals surface area contributed by atoms with Gasteiger partial charge in [-0.25, -0.2) is 0 Å². The van der Waals surface area contributed by atoms with Crippen LogP contribution in [0.15, 0.2) is 72.8 Å². The summed E-state index contributed by atoms with van der Waals surface area (Å²) in [6, 6.07) is 19.8. The predicted molar refractivity (Wildman–Crippen MR) is 93.6 cm³/mol. The Hall–Kier alpha value is -2.94. The minimum atomic E-state index is -0.419. The van der Waals surface area contributed by atoms with Crippen molar-refractivity contribution in [2.75, 3.05) is 7.05 Å². The van der Waals surface area contributed by atoms with Crippen LogP contribution in [-0.4, -0.2) is 23.8 Å². The van der Waals surface area contributed by atoms with Gasteiger partial charge in [0.05, 0.1) is 11.8 Å². The summed E-state index contributed by atoms with van der Waals surface area (Å²) < 4.78 is 0. The smallest absolute Gasteiger partial charge is 0.237 e. The Bertz CT molecular complexity index is 865. The number of imide groups is 1. The molecule has 1 saturated heterocycles. The van der Waals surface area contributed by atoms with Crippen LogP contribution in [0, 0.1) is 11.8 Å². The Morgan fingerprint density at radius 3 is 2.00 bits per heavy atom. The van der Waals surface area contributed by atoms with Crippen molar-refractivity contribution in [2.24, 2.45) is 11.8 Å². The van der Waals surface area contributed by atoms with Crippen molar-refractivity contribution in [3.05, 3.63) is 83.9 Å². The second kappa shape index (κ2) is 5.60. The number of hydrogen-bond donors (Lipinski definition) is 0. The van der Waals surface area contributed by atoms with Gasteiger partial charge in [-0.2, -0.15) is 0 Å². The highest BCUT2D eigenvalue weighted by Crippen LogP contribution is 2.43. The molecule has 1 heterocycles. The zero-order valence-electron chi connectivity index (χ0n) is 13.3. The summed E-state index contributed by atoms with van der Waals surface area (Å²) in [6.45, 7) is 0. The molecule has 0 bridgehead atoms. The highest BCUT2D eigenvalue weighted by Gasteiger charge is 2.48. The number of nitrogens with zero attached hydrogens (tertiary/aromatic N) is 1. The molecule has 3 nitrogen and oxygen atoms in total. The molecule has 2 amide bonds. The summed E-state index contributed by atoms with van der Waals surface area (Å²) in [5, 5.41) is 0. The molecule has 1 fully saturated rings. The fraction of sp³-hybridized carbons (Fsp3) is 0.143. The zero-order valence-corrected chi connectivity index (χ0v) is 13.3. The van der Waals surface area contributed by atoms with Gasteiger partial charge in [-0.05, 0) is 22.3 Å². The average Bonchev–Trinajstić information content (AvgIpc) is 2.87. The van der Waals surface area contributed by atoms with Crippen LogP contribution in [0.5, 0.6) is 0 Å². The van der Waals surface area contributed by atoms with Crippen LogP contribution in [0.1, 0.15) is 11.1 Å². The van der Waals surface area contributed by atoms with E-state index in [9.17, 15) is 9.59 Å². The van der Waals surface area contributed by atoms with Crippen molar-refractivity contribution in [1.82, 2.24) is 4.90 Å². The Morgan fingerprint density at radius 2 is 1.38 bits per heavy atom. The fourth-order valence-corrected chi connectivity index (χ4v) is 3.53. The van der Waals surface area contributed by atoms with Gasteiger partial charge in [0.25, 0.3) is 0 Å². The lowest BCUT2D eigenvalue weighted by molar-refractivity contribution is -0.137. The van der Waals surface area contributed by atoms with Crippen LogP contribution in [0.25, 0.3) is 11.1 Å². The molecular weight excluding hydrogens is 298 g/mol. The molecule has 1 aliphatic carbocycles. The molecule has 4 rings (SSSR count). The first kappa shape index (κ1) is 14.6. The topological polar surface area (TPSA) is 37.4 Å². The number of allylic oxidation sites excluding steroid dienone is 2. The van der Waals surface area contributed by atoms with Crippen LogP contribution >= 0.6 is 0 Å². The quantitative estimate of drug-likeness (QED) is 0.797. The van der Waals surface area contributed by atoms with Crippen molar-refractivity contribution in [3.8, 4) is 0 Å². The van der Waals surface area contributed by atoms with Crippen molar-refractivity contribution in [1.29, 1.82) is 0 Å². The molecule has 0 saturated carbocycles. The summed E-state index contributed by atoms with van der Waals surface area (Å²) in [6.07, 6.45) is 3.99. The molecule has 2 aromatic carbocycles. The Kier molecular flexibility index (Phi) is 3.42. The molecule has 24 heavy (non-hydrogen) atoms. The van der Waals surface area contributed by atoms with Gasteiger partial charge >= 0.3 is 0 Å². The highest BCUT2D eigenvalue weighted by atomic mass is 16.2. The van der Waals surface area contributed by atoms with E-state index in [4.69, 9.17) is 0 Å². The summed E-state index contributed by atoms with van der Waals surface area (Å²) in [5.41, 5.74) is 3.96. The predicted octanol–water partition coefficient (Wildman–Crippen LogP) is 3.40. The summed E-state index contributed by atoms with van der Waals surface area (Å²) in [5.74, 6) is -1.08. The van der Waals surface area contributed by atoms with Gasteiger partial charge in [-0.15, -0.1) is 0 Å². The molecule has 0 spiro atoms. The van der Waals surface area contributed by atoms with Crippen molar-refractivity contribution < 1.29 is 9.59 Å². The van der Waals surface area contributed by atoms with Crippen molar-refractivity contribution >= 4 is 23.0 Å². The molecule has 1 aliphatic heterocycles. The van der Waals surface area contributed by atoms with Crippen LogP contribution in [0.4, 0.5) is 0 Å². The number of carbonyl (C=O) groups excluding carboxylic acids is 2. The van der Waals surface area contributed by atoms with Crippen molar-refractivity contribution in [2.45, 2.75) is 0 Å². The maximum atomic E-state index is 12.6. The first-order valence-electron chi connectivity index (χ1n) is 8.02. The maximum Gasteiger partial charge on any atom is 0.237 e. The van der Waals surface area contributed by atoms with Gasteiger partial charge in [0.2, 0.25) is 11.8 Å². The average molecular weight is 315 g/mol. The van der Waals surface area contributed by atoms with E-state index in [1.807, 2.05) is 66.7 Å². The minimum Gasteiger partial charge on any atom is -0.285 e. The van der Waals surface area contributed by atoms with Gasteiger partial charge in [0.15, 0.2) is 0 Å². The van der Waals surface area contributed by atoms with E-state index in [0.717, 1.165) is 22.3 Å². The van der Waals surface area contributed by atoms with Gasteiger partial charge in [-0.3, -0.25) is 14.5 Å². The molecular formula is C21H17NO2. The second-order valence-corrected chi connectivity index (χ2v) is 6.19. The third-order valence-electron chi connectivity index (χ3n) is 4.79. The Balaban J connectivity index is 1.89. The molecule has 3 heteroatoms. The summed E-state index contributed by atoms with van der Waals surface area (Å²) in [4.78, 5) is 26.4. The monoisotopic (exact) mass is 315 g/mol. The Labute approximate surface area is 140 Å². The number of fused-ring (bicyclic) bond motifs is 1. The molecule has 2 aliphatic rings. The van der Waals surface area contributed by atoms with Gasteiger partial charge in [0.1, 0.15) is 0 Å². The third-order valence-corrected chi connectivity index (χ3v) is 4.79. The normalized spacial score (nSPS) is 23.0. The second-order valence-electron chi connectivity index (χ2n) is 6.19. The number of hydrogen-bond acceptors (Lipinski definition) is 2. The molecule has 2 unspecified atom stereocenters. The number of benzene rings is 2. The number of amides is 2. The summed E-state index contributed by atoms with van der Waals surface area (Å²) in [7, 11) is 1.57. The Morgan fingerprint density at radius 1 is 0.792 bits per heavy atom. The van der Waals surface area contributed by atoms with E-state index < -0.39 is 11.8 Å². The summed E-state index contributed by atoms with van der Waals surface area (Å²) >= 11 is 0. The lowest BCUT2D eigenvalue weighted by Gasteiger charge is -2.23. The van der Waals surface area contributed by atoms with Gasteiger partial charge in [-0.1, -0.05) is 72.8 Å². The van der Waals surface area contributed by atoms with Crippen LogP contribution in [0.3, 0.4) is 0 Å². The van der Waals surface area contributed by atoms with Crippen molar-refractivity contribution in [3.63, 3.8) is 0 Å². The SMILES string of the molecule is CN1C(=O)C2C=C(c3ccccc3)C=C(c3ccccc3)C2C1=O. The molecule has 0 N–H and O–H groups in total. The lowest BCUT2D eigenvalue weighted by atomic mass is 9.77. The number of rotatable bonds is 2. The van der Waals surface area contributed by atoms with E-state index in [0.29, 0.717) is 0 Å². The standard InChI is InChI=1S/C21H17NO2/c1-22-20(23)18-13-16(14-8-4-2-5-9-14)12-17(19(18)21(22)24)15-10-6-3-7-11-15/h2-13,18-19H,1H3. The zero-order chi connectivity index (χ0) is 16.7. The highest BCUT2D eigenvalue weighted by molar-refractivity contribution is 6.13. The molecule has 2 aromatic rings. The number of carbonyl (C=O) groups is 2. The minimum absolute atomic E-state index is 0.122. The van der Waals surface area contributed by atoms with E-state index in [-0.39, 0.29) is 11.8 Å². The van der Waals surface area contributed by atoms with E-state index in [2.05, 4.69) is 6.08 Å². The van der Waals surface area contributed by atoms with Crippen LogP contribution < -0.4 is 0 Å². The molecule has 0 aromatic heterocycles. The molecule has 118 valence electrons. The van der Waals surface area contributed by atoms with E-state index >= 15 is 0 Å². The molecule has 0 radical (unpaired) electrons. The van der Waals surface area contributed by atoms with E-state index in [1.54, 1.807) is 7.05 Å².